The van der Waals surface area contributed by atoms with E-state index in [1.54, 1.807) is 6.20 Å². The van der Waals surface area contributed by atoms with Crippen molar-refractivity contribution in [1.82, 2.24) is 4.98 Å². The molecule has 3 nitrogen and oxygen atoms in total. The van der Waals surface area contributed by atoms with Gasteiger partial charge in [0.1, 0.15) is 5.82 Å². The molecule has 94 valence electrons. The molecule has 0 spiro atoms. The molecule has 0 saturated heterocycles. The van der Waals surface area contributed by atoms with E-state index in [2.05, 4.69) is 42.3 Å². The Labute approximate surface area is 108 Å². The standard InChI is InChI=1S/C15H18N2O/c1-3-12-7-4-6-11(2)14(12)17-15-13(10-18)8-5-9-16-15/h4-9,18H,3,10H2,1-2H3,(H,16,17). The van der Waals surface area contributed by atoms with Gasteiger partial charge in [0.25, 0.3) is 0 Å². The number of hydrogen-bond donors (Lipinski definition) is 2. The lowest BCUT2D eigenvalue weighted by Crippen LogP contribution is -2.02. The van der Waals surface area contributed by atoms with Crippen molar-refractivity contribution in [2.24, 2.45) is 0 Å². The maximum Gasteiger partial charge on any atom is 0.135 e. The molecule has 0 atom stereocenters. The molecule has 2 N–H and O–H groups in total. The van der Waals surface area contributed by atoms with Crippen LogP contribution in [0.1, 0.15) is 23.6 Å². The lowest BCUT2D eigenvalue weighted by molar-refractivity contribution is 0.282. The molecule has 1 aromatic carbocycles. The second-order valence-corrected chi connectivity index (χ2v) is 4.26. The molecule has 3 heteroatoms. The summed E-state index contributed by atoms with van der Waals surface area (Å²) in [5, 5.41) is 12.7. The molecule has 0 bridgehead atoms. The van der Waals surface area contributed by atoms with Crippen LogP contribution in [-0.2, 0) is 13.0 Å². The van der Waals surface area contributed by atoms with Crippen LogP contribution >= 0.6 is 0 Å². The van der Waals surface area contributed by atoms with Crippen LogP contribution in [0.3, 0.4) is 0 Å². The van der Waals surface area contributed by atoms with Gasteiger partial charge in [0, 0.05) is 17.4 Å². The number of para-hydroxylation sites is 1. The van der Waals surface area contributed by atoms with Crippen molar-refractivity contribution >= 4 is 11.5 Å². The monoisotopic (exact) mass is 242 g/mol. The minimum atomic E-state index is -0.0104. The summed E-state index contributed by atoms with van der Waals surface area (Å²) in [6.45, 7) is 4.19. The average Bonchev–Trinajstić information content (AvgIpc) is 2.41. The highest BCUT2D eigenvalue weighted by Gasteiger charge is 2.07. The number of rotatable bonds is 4. The molecule has 1 aromatic heterocycles. The van der Waals surface area contributed by atoms with E-state index in [1.807, 2.05) is 12.1 Å². The predicted molar refractivity (Wildman–Crippen MR) is 74.0 cm³/mol. The smallest absolute Gasteiger partial charge is 0.135 e. The Morgan fingerprint density at radius 1 is 1.17 bits per heavy atom. The number of aromatic nitrogens is 1. The van der Waals surface area contributed by atoms with Gasteiger partial charge in [-0.15, -0.1) is 0 Å². The largest absolute Gasteiger partial charge is 0.392 e. The van der Waals surface area contributed by atoms with Crippen molar-refractivity contribution in [3.63, 3.8) is 0 Å². The van der Waals surface area contributed by atoms with Crippen molar-refractivity contribution in [2.45, 2.75) is 26.9 Å². The average molecular weight is 242 g/mol. The maximum absolute atomic E-state index is 9.31. The molecule has 0 saturated carbocycles. The summed E-state index contributed by atoms with van der Waals surface area (Å²) in [6.07, 6.45) is 2.69. The molecule has 0 radical (unpaired) electrons. The fourth-order valence-corrected chi connectivity index (χ4v) is 2.00. The summed E-state index contributed by atoms with van der Waals surface area (Å²) in [4.78, 5) is 4.29. The third-order valence-electron chi connectivity index (χ3n) is 3.05. The van der Waals surface area contributed by atoms with Crippen molar-refractivity contribution in [3.05, 3.63) is 53.2 Å². The van der Waals surface area contributed by atoms with E-state index in [9.17, 15) is 5.11 Å². The van der Waals surface area contributed by atoms with Gasteiger partial charge in [-0.2, -0.15) is 0 Å². The number of aryl methyl sites for hydroxylation is 2. The first-order valence-corrected chi connectivity index (χ1v) is 6.16. The van der Waals surface area contributed by atoms with Crippen LogP contribution in [-0.4, -0.2) is 10.1 Å². The Morgan fingerprint density at radius 3 is 2.67 bits per heavy atom. The van der Waals surface area contributed by atoms with Gasteiger partial charge in [0.15, 0.2) is 0 Å². The lowest BCUT2D eigenvalue weighted by atomic mass is 10.1. The number of hydrogen-bond acceptors (Lipinski definition) is 3. The van der Waals surface area contributed by atoms with Crippen LogP contribution < -0.4 is 5.32 Å². The fraction of sp³-hybridized carbons (Fsp3) is 0.267. The number of aliphatic hydroxyl groups excluding tert-OH is 1. The van der Waals surface area contributed by atoms with Crippen LogP contribution in [0.25, 0.3) is 0 Å². The summed E-state index contributed by atoms with van der Waals surface area (Å²) in [5.41, 5.74) is 4.34. The SMILES string of the molecule is CCc1cccc(C)c1Nc1ncccc1CO. The number of aliphatic hydroxyl groups is 1. The molecule has 0 aliphatic heterocycles. The molecule has 0 amide bonds. The first-order valence-electron chi connectivity index (χ1n) is 6.16. The number of pyridine rings is 1. The molecule has 0 aliphatic carbocycles. The van der Waals surface area contributed by atoms with Gasteiger partial charge < -0.3 is 10.4 Å². The molecule has 18 heavy (non-hydrogen) atoms. The molecule has 2 aromatic rings. The van der Waals surface area contributed by atoms with Crippen LogP contribution in [0.4, 0.5) is 11.5 Å². The van der Waals surface area contributed by atoms with E-state index in [4.69, 9.17) is 0 Å². The molecular weight excluding hydrogens is 224 g/mol. The van der Waals surface area contributed by atoms with Gasteiger partial charge in [0.05, 0.1) is 6.61 Å². The second kappa shape index (κ2) is 5.65. The van der Waals surface area contributed by atoms with Crippen molar-refractivity contribution in [2.75, 3.05) is 5.32 Å². The lowest BCUT2D eigenvalue weighted by Gasteiger charge is -2.15. The molecule has 2 rings (SSSR count). The Kier molecular flexibility index (Phi) is 3.95. The van der Waals surface area contributed by atoms with Crippen molar-refractivity contribution < 1.29 is 5.11 Å². The zero-order valence-electron chi connectivity index (χ0n) is 10.8. The Morgan fingerprint density at radius 2 is 1.94 bits per heavy atom. The minimum Gasteiger partial charge on any atom is -0.392 e. The van der Waals surface area contributed by atoms with Crippen molar-refractivity contribution in [3.8, 4) is 0 Å². The van der Waals surface area contributed by atoms with Crippen LogP contribution in [0, 0.1) is 6.92 Å². The number of benzene rings is 1. The molecule has 1 heterocycles. The van der Waals surface area contributed by atoms with Crippen LogP contribution in [0.5, 0.6) is 0 Å². The molecule has 0 aliphatic rings. The summed E-state index contributed by atoms with van der Waals surface area (Å²) in [5.74, 6) is 0.726. The minimum absolute atomic E-state index is 0.0104. The summed E-state index contributed by atoms with van der Waals surface area (Å²) in [6, 6.07) is 9.94. The number of nitrogens with one attached hydrogen (secondary N) is 1. The first kappa shape index (κ1) is 12.6. The quantitative estimate of drug-likeness (QED) is 0.865. The predicted octanol–water partition coefficient (Wildman–Crippen LogP) is 3.19. The number of anilines is 2. The first-order chi connectivity index (χ1) is 8.76. The maximum atomic E-state index is 9.31. The summed E-state index contributed by atoms with van der Waals surface area (Å²) < 4.78 is 0. The van der Waals surface area contributed by atoms with Gasteiger partial charge in [-0.05, 0) is 30.5 Å². The second-order valence-electron chi connectivity index (χ2n) is 4.26. The molecule has 0 unspecified atom stereocenters. The zero-order chi connectivity index (χ0) is 13.0. The van der Waals surface area contributed by atoms with Gasteiger partial charge in [0.2, 0.25) is 0 Å². The van der Waals surface area contributed by atoms with E-state index in [1.165, 1.54) is 11.1 Å². The third-order valence-corrected chi connectivity index (χ3v) is 3.05. The summed E-state index contributed by atoms with van der Waals surface area (Å²) >= 11 is 0. The van der Waals surface area contributed by atoms with Gasteiger partial charge in [-0.3, -0.25) is 0 Å². The van der Waals surface area contributed by atoms with E-state index in [0.717, 1.165) is 23.5 Å². The van der Waals surface area contributed by atoms with Crippen molar-refractivity contribution in [1.29, 1.82) is 0 Å². The molecule has 0 fully saturated rings. The third kappa shape index (κ3) is 2.51. The van der Waals surface area contributed by atoms with E-state index < -0.39 is 0 Å². The number of nitrogens with zero attached hydrogens (tertiary/aromatic N) is 1. The zero-order valence-corrected chi connectivity index (χ0v) is 10.8. The Hall–Kier alpha value is -1.87. The fourth-order valence-electron chi connectivity index (χ4n) is 2.00. The topological polar surface area (TPSA) is 45.2 Å². The van der Waals surface area contributed by atoms with Gasteiger partial charge in [-0.1, -0.05) is 31.2 Å². The normalized spacial score (nSPS) is 10.4. The van der Waals surface area contributed by atoms with Gasteiger partial charge in [-0.25, -0.2) is 4.98 Å². The molecular formula is C15H18N2O. The highest BCUT2D eigenvalue weighted by molar-refractivity contribution is 5.66. The summed E-state index contributed by atoms with van der Waals surface area (Å²) in [7, 11) is 0. The van der Waals surface area contributed by atoms with Crippen LogP contribution in [0.15, 0.2) is 36.5 Å². The highest BCUT2D eigenvalue weighted by atomic mass is 16.3. The van der Waals surface area contributed by atoms with E-state index >= 15 is 0 Å². The van der Waals surface area contributed by atoms with Gasteiger partial charge >= 0.3 is 0 Å². The van der Waals surface area contributed by atoms with Crippen LogP contribution in [0.2, 0.25) is 0 Å². The van der Waals surface area contributed by atoms with E-state index in [0.29, 0.717) is 0 Å². The Balaban J connectivity index is 2.39. The Bertz CT molecular complexity index is 538. The highest BCUT2D eigenvalue weighted by Crippen LogP contribution is 2.26. The van der Waals surface area contributed by atoms with E-state index in [-0.39, 0.29) is 6.61 Å².